The number of carbonyl (C=O) groups excluding carboxylic acids is 1. The smallest absolute Gasteiger partial charge is 0.255 e. The van der Waals surface area contributed by atoms with Crippen LogP contribution >= 0.6 is 0 Å². The molecule has 2 aromatic rings. The van der Waals surface area contributed by atoms with Gasteiger partial charge in [-0.2, -0.15) is 10.2 Å². The summed E-state index contributed by atoms with van der Waals surface area (Å²) in [5.41, 5.74) is 0.555. The van der Waals surface area contributed by atoms with Gasteiger partial charge in [-0.15, -0.1) is 0 Å². The third kappa shape index (κ3) is 2.82. The summed E-state index contributed by atoms with van der Waals surface area (Å²) < 4.78 is 11.9. The maximum atomic E-state index is 12.8. The highest BCUT2D eigenvalue weighted by molar-refractivity contribution is 5.94. The number of hydrogen-bond donors (Lipinski definition) is 0. The second-order valence-corrected chi connectivity index (χ2v) is 5.93. The summed E-state index contributed by atoms with van der Waals surface area (Å²) in [4.78, 5) is 18.8. The van der Waals surface area contributed by atoms with E-state index in [0.29, 0.717) is 24.6 Å². The predicted octanol–water partition coefficient (Wildman–Crippen LogP) is 1.32. The second kappa shape index (κ2) is 6.52. The molecule has 0 radical (unpaired) electrons. The maximum absolute atomic E-state index is 12.8. The number of aromatic nitrogens is 3. The van der Waals surface area contributed by atoms with E-state index in [1.165, 1.54) is 12.4 Å². The van der Waals surface area contributed by atoms with Crippen LogP contribution in [0.2, 0.25) is 0 Å². The molecule has 3 heterocycles. The van der Waals surface area contributed by atoms with Crippen LogP contribution in [-0.4, -0.2) is 57.4 Å². The Kier molecular flexibility index (Phi) is 4.08. The molecule has 0 N–H and O–H groups in total. The predicted molar refractivity (Wildman–Crippen MR) is 84.5 cm³/mol. The Bertz CT molecular complexity index is 697. The number of hydrogen-bond acceptors (Lipinski definition) is 6. The van der Waals surface area contributed by atoms with Gasteiger partial charge in [-0.3, -0.25) is 4.79 Å². The Morgan fingerprint density at radius 3 is 2.96 bits per heavy atom. The first-order valence-corrected chi connectivity index (χ1v) is 8.10. The average molecular weight is 326 g/mol. The van der Waals surface area contributed by atoms with Crippen LogP contribution in [-0.2, 0) is 4.74 Å². The fourth-order valence-corrected chi connectivity index (χ4v) is 3.45. The van der Waals surface area contributed by atoms with Crippen LogP contribution in [0.3, 0.4) is 0 Å². The normalized spacial score (nSPS) is 26.0. The Morgan fingerprint density at radius 1 is 1.21 bits per heavy atom. The van der Waals surface area contributed by atoms with Crippen molar-refractivity contribution in [2.45, 2.75) is 31.1 Å². The largest absolute Gasteiger partial charge is 0.471 e. The lowest BCUT2D eigenvalue weighted by atomic mass is 10.1. The van der Waals surface area contributed by atoms with E-state index in [4.69, 9.17) is 9.47 Å². The summed E-state index contributed by atoms with van der Waals surface area (Å²) in [5.74, 6) is 0.565. The lowest BCUT2D eigenvalue weighted by Gasteiger charge is -2.38. The molecule has 1 saturated heterocycles. The van der Waals surface area contributed by atoms with E-state index < -0.39 is 0 Å². The van der Waals surface area contributed by atoms with Crippen LogP contribution < -0.4 is 4.74 Å². The van der Waals surface area contributed by atoms with Gasteiger partial charge in [-0.1, -0.05) is 6.07 Å². The first-order valence-electron chi connectivity index (χ1n) is 8.10. The lowest BCUT2D eigenvalue weighted by Crippen LogP contribution is -2.54. The van der Waals surface area contributed by atoms with Crippen LogP contribution in [0.25, 0.3) is 0 Å². The molecule has 0 aromatic carbocycles. The molecule has 7 heteroatoms. The van der Waals surface area contributed by atoms with Gasteiger partial charge in [0, 0.05) is 18.8 Å². The van der Waals surface area contributed by atoms with E-state index >= 15 is 0 Å². The Hall–Kier alpha value is -2.54. The molecule has 0 bridgehead atoms. The SMILES string of the molecule is O=C(c1ccnnc1)N1CCO[C@H]2[C@@H](Oc3ccccn3)CC[C@@H]21. The highest BCUT2D eigenvalue weighted by atomic mass is 16.5. The van der Waals surface area contributed by atoms with Crippen LogP contribution in [0.5, 0.6) is 5.88 Å². The Labute approximate surface area is 139 Å². The van der Waals surface area contributed by atoms with Crippen molar-refractivity contribution in [2.24, 2.45) is 0 Å². The molecular weight excluding hydrogens is 308 g/mol. The summed E-state index contributed by atoms with van der Waals surface area (Å²) in [6, 6.07) is 7.29. The summed E-state index contributed by atoms with van der Waals surface area (Å²) >= 11 is 0. The van der Waals surface area contributed by atoms with E-state index in [-0.39, 0.29) is 24.2 Å². The lowest BCUT2D eigenvalue weighted by molar-refractivity contribution is -0.0793. The summed E-state index contributed by atoms with van der Waals surface area (Å²) in [7, 11) is 0. The van der Waals surface area contributed by atoms with Gasteiger partial charge in [-0.05, 0) is 25.0 Å². The molecule has 7 nitrogen and oxygen atoms in total. The minimum absolute atomic E-state index is 0.0214. The van der Waals surface area contributed by atoms with Crippen molar-refractivity contribution in [3.05, 3.63) is 48.4 Å². The molecule has 1 amide bonds. The van der Waals surface area contributed by atoms with Gasteiger partial charge in [0.05, 0.1) is 30.6 Å². The van der Waals surface area contributed by atoms with E-state index in [2.05, 4.69) is 15.2 Å². The third-order valence-corrected chi connectivity index (χ3v) is 4.54. The molecule has 3 atom stereocenters. The van der Waals surface area contributed by atoms with Gasteiger partial charge in [0.15, 0.2) is 0 Å². The van der Waals surface area contributed by atoms with Crippen LogP contribution in [0.15, 0.2) is 42.9 Å². The molecule has 0 unspecified atom stereocenters. The molecule has 1 aliphatic heterocycles. The molecule has 2 aromatic heterocycles. The number of pyridine rings is 1. The van der Waals surface area contributed by atoms with Crippen molar-refractivity contribution in [3.63, 3.8) is 0 Å². The molecule has 2 aliphatic rings. The zero-order chi connectivity index (χ0) is 16.4. The van der Waals surface area contributed by atoms with Gasteiger partial charge in [0.25, 0.3) is 5.91 Å². The molecule has 124 valence electrons. The highest BCUT2D eigenvalue weighted by Crippen LogP contribution is 2.33. The molecule has 2 fully saturated rings. The fraction of sp³-hybridized carbons (Fsp3) is 0.412. The first kappa shape index (κ1) is 15.0. The number of amides is 1. The fourth-order valence-electron chi connectivity index (χ4n) is 3.45. The number of carbonyl (C=O) groups is 1. The number of fused-ring (bicyclic) bond motifs is 1. The van der Waals surface area contributed by atoms with Crippen molar-refractivity contribution in [1.29, 1.82) is 0 Å². The van der Waals surface area contributed by atoms with Crippen LogP contribution in [0.4, 0.5) is 0 Å². The first-order chi connectivity index (χ1) is 11.8. The summed E-state index contributed by atoms with van der Waals surface area (Å²) in [5, 5.41) is 7.52. The zero-order valence-electron chi connectivity index (χ0n) is 13.1. The second-order valence-electron chi connectivity index (χ2n) is 5.93. The van der Waals surface area contributed by atoms with Crippen molar-refractivity contribution < 1.29 is 14.3 Å². The monoisotopic (exact) mass is 326 g/mol. The number of ether oxygens (including phenoxy) is 2. The highest BCUT2D eigenvalue weighted by Gasteiger charge is 2.46. The Balaban J connectivity index is 1.49. The van der Waals surface area contributed by atoms with Gasteiger partial charge in [0.1, 0.15) is 12.2 Å². The van der Waals surface area contributed by atoms with Crippen molar-refractivity contribution in [3.8, 4) is 5.88 Å². The van der Waals surface area contributed by atoms with Crippen molar-refractivity contribution in [2.75, 3.05) is 13.2 Å². The van der Waals surface area contributed by atoms with E-state index in [1.54, 1.807) is 12.3 Å². The zero-order valence-corrected chi connectivity index (χ0v) is 13.1. The maximum Gasteiger partial charge on any atom is 0.255 e. The topological polar surface area (TPSA) is 77.4 Å². The number of morpholine rings is 1. The summed E-state index contributed by atoms with van der Waals surface area (Å²) in [6.45, 7) is 1.09. The van der Waals surface area contributed by atoms with Gasteiger partial charge in [-0.25, -0.2) is 4.98 Å². The molecule has 1 aliphatic carbocycles. The van der Waals surface area contributed by atoms with Crippen LogP contribution in [0.1, 0.15) is 23.2 Å². The standard InChI is InChI=1S/C17H18N4O3/c22-17(12-6-8-19-20-11-12)21-9-10-23-16-13(21)4-5-14(16)24-15-3-1-2-7-18-15/h1-3,6-8,11,13-14,16H,4-5,9-10H2/t13-,14-,16+/m0/s1. The summed E-state index contributed by atoms with van der Waals surface area (Å²) in [6.07, 6.45) is 6.22. The third-order valence-electron chi connectivity index (χ3n) is 4.54. The molecule has 0 spiro atoms. The molecular formula is C17H18N4O3. The van der Waals surface area contributed by atoms with E-state index in [0.717, 1.165) is 12.8 Å². The molecule has 4 rings (SSSR count). The minimum atomic E-state index is -0.125. The van der Waals surface area contributed by atoms with E-state index in [9.17, 15) is 4.79 Å². The van der Waals surface area contributed by atoms with E-state index in [1.807, 2.05) is 23.1 Å². The molecule has 24 heavy (non-hydrogen) atoms. The van der Waals surface area contributed by atoms with Gasteiger partial charge >= 0.3 is 0 Å². The minimum Gasteiger partial charge on any atom is -0.471 e. The quantitative estimate of drug-likeness (QED) is 0.847. The number of rotatable bonds is 3. The van der Waals surface area contributed by atoms with Crippen molar-refractivity contribution >= 4 is 5.91 Å². The Morgan fingerprint density at radius 2 is 2.17 bits per heavy atom. The van der Waals surface area contributed by atoms with Gasteiger partial charge in [0.2, 0.25) is 5.88 Å². The molecule has 1 saturated carbocycles. The van der Waals surface area contributed by atoms with Crippen LogP contribution in [0, 0.1) is 0 Å². The number of nitrogens with zero attached hydrogens (tertiary/aromatic N) is 4. The van der Waals surface area contributed by atoms with Crippen molar-refractivity contribution in [1.82, 2.24) is 20.1 Å². The average Bonchev–Trinajstić information content (AvgIpc) is 3.06. The van der Waals surface area contributed by atoms with Gasteiger partial charge < -0.3 is 14.4 Å².